The lowest BCUT2D eigenvalue weighted by atomic mass is 9.81. The monoisotopic (exact) mass is 526 g/mol. The molecule has 1 saturated carbocycles. The molecule has 1 fully saturated rings. The number of amides is 2. The molecule has 1 aromatic heterocycles. The van der Waals surface area contributed by atoms with Crippen LogP contribution in [0, 0.1) is 18.7 Å². The van der Waals surface area contributed by atoms with Gasteiger partial charge in [-0.05, 0) is 74.3 Å². The molecule has 0 bridgehead atoms. The summed E-state index contributed by atoms with van der Waals surface area (Å²) in [5.74, 6) is -0.596. The molecule has 4 rings (SSSR count). The Hall–Kier alpha value is -3.53. The van der Waals surface area contributed by atoms with Crippen LogP contribution in [0.25, 0.3) is 0 Å². The fourth-order valence-corrected chi connectivity index (χ4v) is 5.30. The summed E-state index contributed by atoms with van der Waals surface area (Å²) < 4.78 is 18.8. The molecule has 0 saturated heterocycles. The largest absolute Gasteiger partial charge is 0.494 e. The lowest BCUT2D eigenvalue weighted by Crippen LogP contribution is -2.40. The van der Waals surface area contributed by atoms with Crippen LogP contribution in [0.3, 0.4) is 0 Å². The summed E-state index contributed by atoms with van der Waals surface area (Å²) in [4.78, 5) is 35.2. The van der Waals surface area contributed by atoms with Crippen molar-refractivity contribution in [3.8, 4) is 5.75 Å². The SMILES string of the molecule is CCc1c(C(=O)NCc2ccc(F)c(OC)c2)cc(C2=NOC(C3CCC(NC(=O)CO)CC3)C2)nc1C. The number of rotatable bonds is 9. The first kappa shape index (κ1) is 27.5. The smallest absolute Gasteiger partial charge is 0.251 e. The van der Waals surface area contributed by atoms with Gasteiger partial charge >= 0.3 is 0 Å². The number of halogens is 1. The van der Waals surface area contributed by atoms with E-state index in [0.29, 0.717) is 35.7 Å². The molecular weight excluding hydrogens is 491 g/mol. The Morgan fingerprint density at radius 3 is 2.66 bits per heavy atom. The summed E-state index contributed by atoms with van der Waals surface area (Å²) >= 11 is 0. The molecule has 1 unspecified atom stereocenters. The minimum Gasteiger partial charge on any atom is -0.494 e. The van der Waals surface area contributed by atoms with Gasteiger partial charge in [-0.15, -0.1) is 0 Å². The number of aryl methyl sites for hydroxylation is 1. The van der Waals surface area contributed by atoms with Crippen molar-refractivity contribution in [1.82, 2.24) is 15.6 Å². The van der Waals surface area contributed by atoms with Gasteiger partial charge in [-0.1, -0.05) is 18.1 Å². The number of ether oxygens (including phenoxy) is 1. The highest BCUT2D eigenvalue weighted by atomic mass is 19.1. The number of carbonyl (C=O) groups is 2. The first-order valence-corrected chi connectivity index (χ1v) is 13.1. The van der Waals surface area contributed by atoms with Crippen LogP contribution in [0.1, 0.15) is 71.9 Å². The maximum absolute atomic E-state index is 13.7. The number of benzene rings is 1. The number of nitrogens with one attached hydrogen (secondary N) is 2. The summed E-state index contributed by atoms with van der Waals surface area (Å²) in [5.41, 5.74) is 4.23. The van der Waals surface area contributed by atoms with Crippen LogP contribution in [0.5, 0.6) is 5.75 Å². The second-order valence-electron chi connectivity index (χ2n) is 9.85. The van der Waals surface area contributed by atoms with Crippen molar-refractivity contribution in [3.63, 3.8) is 0 Å². The van der Waals surface area contributed by atoms with E-state index in [4.69, 9.17) is 19.7 Å². The number of aliphatic hydroxyl groups is 1. The van der Waals surface area contributed by atoms with Crippen molar-refractivity contribution in [2.75, 3.05) is 13.7 Å². The van der Waals surface area contributed by atoms with Crippen LogP contribution < -0.4 is 15.4 Å². The van der Waals surface area contributed by atoms with Gasteiger partial charge in [-0.2, -0.15) is 0 Å². The topological polar surface area (TPSA) is 122 Å². The van der Waals surface area contributed by atoms with Gasteiger partial charge < -0.3 is 25.3 Å². The van der Waals surface area contributed by atoms with Gasteiger partial charge in [0, 0.05) is 30.3 Å². The van der Waals surface area contributed by atoms with Gasteiger partial charge in [0.1, 0.15) is 18.4 Å². The molecule has 0 radical (unpaired) electrons. The second kappa shape index (κ2) is 12.3. The van der Waals surface area contributed by atoms with E-state index in [1.807, 2.05) is 13.8 Å². The average molecular weight is 527 g/mol. The highest BCUT2D eigenvalue weighted by Crippen LogP contribution is 2.33. The van der Waals surface area contributed by atoms with Gasteiger partial charge in [0.25, 0.3) is 5.91 Å². The maximum Gasteiger partial charge on any atom is 0.251 e. The normalized spacial score (nSPS) is 20.9. The predicted octanol–water partition coefficient (Wildman–Crippen LogP) is 3.19. The third-order valence-electron chi connectivity index (χ3n) is 7.39. The zero-order valence-corrected chi connectivity index (χ0v) is 22.1. The van der Waals surface area contributed by atoms with E-state index >= 15 is 0 Å². The number of methoxy groups -OCH3 is 1. The summed E-state index contributed by atoms with van der Waals surface area (Å²) in [6.45, 7) is 3.60. The first-order chi connectivity index (χ1) is 18.3. The number of hydrogen-bond acceptors (Lipinski definition) is 7. The van der Waals surface area contributed by atoms with E-state index in [1.54, 1.807) is 18.2 Å². The van der Waals surface area contributed by atoms with E-state index in [2.05, 4.69) is 15.8 Å². The zero-order valence-electron chi connectivity index (χ0n) is 22.1. The van der Waals surface area contributed by atoms with Crippen molar-refractivity contribution in [3.05, 3.63) is 58.2 Å². The van der Waals surface area contributed by atoms with Gasteiger partial charge in [0.2, 0.25) is 5.91 Å². The van der Waals surface area contributed by atoms with E-state index in [-0.39, 0.29) is 36.3 Å². The molecule has 10 heteroatoms. The standard InChI is InChI=1S/C28H35FN4O5/c1-4-20-16(2)31-23(12-21(20)28(36)30-14-17-5-10-22(29)26(11-17)37-3)24-13-25(38-33-24)18-6-8-19(9-7-18)32-27(35)15-34/h5,10-12,18-19,25,34H,4,6-9,13-15H2,1-3H3,(H,30,36)(H,32,35). The van der Waals surface area contributed by atoms with E-state index in [1.165, 1.54) is 13.2 Å². The number of pyridine rings is 1. The lowest BCUT2D eigenvalue weighted by Gasteiger charge is -2.31. The lowest BCUT2D eigenvalue weighted by molar-refractivity contribution is -0.124. The Labute approximate surface area is 221 Å². The number of aromatic nitrogens is 1. The Balaban J connectivity index is 1.41. The molecule has 1 aliphatic carbocycles. The molecule has 9 nitrogen and oxygen atoms in total. The molecule has 1 aliphatic heterocycles. The quantitative estimate of drug-likeness (QED) is 0.461. The summed E-state index contributed by atoms with van der Waals surface area (Å²) in [6, 6.07) is 6.35. The van der Waals surface area contributed by atoms with Crippen LogP contribution in [0.15, 0.2) is 29.4 Å². The van der Waals surface area contributed by atoms with E-state index < -0.39 is 12.4 Å². The zero-order chi connectivity index (χ0) is 27.2. The Morgan fingerprint density at radius 1 is 1.21 bits per heavy atom. The van der Waals surface area contributed by atoms with Crippen molar-refractivity contribution in [2.45, 2.75) is 71.1 Å². The molecule has 1 atom stereocenters. The van der Waals surface area contributed by atoms with Crippen LogP contribution in [-0.4, -0.2) is 53.5 Å². The summed E-state index contributed by atoms with van der Waals surface area (Å²) in [6.07, 6.45) is 4.63. The Bertz CT molecular complexity index is 1210. The molecule has 2 aromatic rings. The summed E-state index contributed by atoms with van der Waals surface area (Å²) in [5, 5.41) is 19.1. The average Bonchev–Trinajstić information content (AvgIpc) is 3.42. The molecular formula is C28H35FN4O5. The third kappa shape index (κ3) is 6.30. The third-order valence-corrected chi connectivity index (χ3v) is 7.39. The number of aliphatic hydroxyl groups excluding tert-OH is 1. The molecule has 3 N–H and O–H groups in total. The van der Waals surface area contributed by atoms with E-state index in [0.717, 1.165) is 42.5 Å². The fourth-order valence-electron chi connectivity index (χ4n) is 5.30. The molecule has 2 heterocycles. The number of nitrogens with zero attached hydrogens (tertiary/aromatic N) is 2. The molecule has 38 heavy (non-hydrogen) atoms. The minimum absolute atomic E-state index is 0.0711. The van der Waals surface area contributed by atoms with Crippen LogP contribution in [-0.2, 0) is 22.6 Å². The van der Waals surface area contributed by atoms with E-state index in [9.17, 15) is 14.0 Å². The highest BCUT2D eigenvalue weighted by Gasteiger charge is 2.34. The number of oxime groups is 1. The van der Waals surface area contributed by atoms with Gasteiger partial charge in [-0.3, -0.25) is 14.6 Å². The Kier molecular flexibility index (Phi) is 8.93. The predicted molar refractivity (Wildman–Crippen MR) is 139 cm³/mol. The maximum atomic E-state index is 13.7. The Morgan fingerprint density at radius 2 is 1.97 bits per heavy atom. The van der Waals surface area contributed by atoms with Gasteiger partial charge in [-0.25, -0.2) is 4.39 Å². The van der Waals surface area contributed by atoms with Crippen LogP contribution in [0.2, 0.25) is 0 Å². The van der Waals surface area contributed by atoms with Gasteiger partial charge in [0.05, 0.1) is 12.8 Å². The van der Waals surface area contributed by atoms with Crippen molar-refractivity contribution < 1.29 is 28.7 Å². The van der Waals surface area contributed by atoms with Crippen molar-refractivity contribution >= 4 is 17.5 Å². The number of carbonyl (C=O) groups excluding carboxylic acids is 2. The minimum atomic E-state index is -0.493. The molecule has 204 valence electrons. The molecule has 2 aliphatic rings. The molecule has 0 spiro atoms. The van der Waals surface area contributed by atoms with Crippen molar-refractivity contribution in [1.29, 1.82) is 0 Å². The highest BCUT2D eigenvalue weighted by molar-refractivity contribution is 6.03. The second-order valence-corrected chi connectivity index (χ2v) is 9.85. The van der Waals surface area contributed by atoms with Crippen LogP contribution >= 0.6 is 0 Å². The molecule has 2 amide bonds. The fraction of sp³-hybridized carbons (Fsp3) is 0.500. The summed E-state index contributed by atoms with van der Waals surface area (Å²) in [7, 11) is 1.40. The van der Waals surface area contributed by atoms with Crippen molar-refractivity contribution in [2.24, 2.45) is 11.1 Å². The van der Waals surface area contributed by atoms with Crippen LogP contribution in [0.4, 0.5) is 4.39 Å². The first-order valence-electron chi connectivity index (χ1n) is 13.1. The van der Waals surface area contributed by atoms with Gasteiger partial charge in [0.15, 0.2) is 11.6 Å². The number of hydrogen-bond donors (Lipinski definition) is 3. The molecule has 1 aromatic carbocycles.